The molecule has 6 heteroatoms. The SMILES string of the molecule is C[C@@H](Cc1cc2ccccc2o1)NS(=O)(=O)c1cccnc1. The third-order valence-electron chi connectivity index (χ3n) is 3.28. The lowest BCUT2D eigenvalue weighted by Gasteiger charge is -2.12. The molecule has 0 fully saturated rings. The van der Waals surface area contributed by atoms with Crippen molar-refractivity contribution in [2.45, 2.75) is 24.3 Å². The zero-order chi connectivity index (χ0) is 15.6. The Balaban J connectivity index is 1.73. The molecule has 2 aromatic heterocycles. The average molecular weight is 316 g/mol. The molecular formula is C16H16N2O3S. The summed E-state index contributed by atoms with van der Waals surface area (Å²) in [5.41, 5.74) is 0.805. The van der Waals surface area contributed by atoms with Crippen LogP contribution < -0.4 is 4.72 Å². The van der Waals surface area contributed by atoms with E-state index in [-0.39, 0.29) is 10.9 Å². The number of benzene rings is 1. The summed E-state index contributed by atoms with van der Waals surface area (Å²) >= 11 is 0. The molecule has 22 heavy (non-hydrogen) atoms. The first-order valence-corrected chi connectivity index (χ1v) is 8.43. The van der Waals surface area contributed by atoms with Crippen molar-refractivity contribution in [1.29, 1.82) is 0 Å². The van der Waals surface area contributed by atoms with Gasteiger partial charge in [0.15, 0.2) is 0 Å². The van der Waals surface area contributed by atoms with Crippen LogP contribution in [0.15, 0.2) is 64.2 Å². The van der Waals surface area contributed by atoms with Gasteiger partial charge in [-0.15, -0.1) is 0 Å². The first kappa shape index (κ1) is 14.7. The van der Waals surface area contributed by atoms with Crippen molar-refractivity contribution in [3.8, 4) is 0 Å². The molecule has 1 aromatic carbocycles. The second-order valence-electron chi connectivity index (χ2n) is 5.17. The van der Waals surface area contributed by atoms with Crippen LogP contribution in [0.3, 0.4) is 0 Å². The van der Waals surface area contributed by atoms with Crippen molar-refractivity contribution in [1.82, 2.24) is 9.71 Å². The number of nitrogens with zero attached hydrogens (tertiary/aromatic N) is 1. The van der Waals surface area contributed by atoms with Crippen LogP contribution in [0.25, 0.3) is 11.0 Å². The van der Waals surface area contributed by atoms with E-state index in [9.17, 15) is 8.42 Å². The van der Waals surface area contributed by atoms with Gasteiger partial charge >= 0.3 is 0 Å². The zero-order valence-corrected chi connectivity index (χ0v) is 12.9. The number of hydrogen-bond acceptors (Lipinski definition) is 4. The van der Waals surface area contributed by atoms with Gasteiger partial charge in [-0.2, -0.15) is 0 Å². The molecule has 0 bridgehead atoms. The molecule has 0 saturated heterocycles. The number of hydrogen-bond donors (Lipinski definition) is 1. The van der Waals surface area contributed by atoms with Crippen LogP contribution in [0.2, 0.25) is 0 Å². The van der Waals surface area contributed by atoms with Gasteiger partial charge in [-0.25, -0.2) is 13.1 Å². The molecule has 3 rings (SSSR count). The van der Waals surface area contributed by atoms with Crippen molar-refractivity contribution in [3.05, 3.63) is 60.6 Å². The molecule has 0 spiro atoms. The highest BCUT2D eigenvalue weighted by molar-refractivity contribution is 7.89. The first-order valence-electron chi connectivity index (χ1n) is 6.94. The number of sulfonamides is 1. The highest BCUT2D eigenvalue weighted by Gasteiger charge is 2.18. The molecule has 1 N–H and O–H groups in total. The van der Waals surface area contributed by atoms with Crippen LogP contribution in [0.4, 0.5) is 0 Å². The van der Waals surface area contributed by atoms with Gasteiger partial charge in [0.2, 0.25) is 10.0 Å². The minimum Gasteiger partial charge on any atom is -0.461 e. The molecule has 0 radical (unpaired) electrons. The molecule has 1 atom stereocenters. The maximum absolute atomic E-state index is 12.2. The van der Waals surface area contributed by atoms with E-state index in [2.05, 4.69) is 9.71 Å². The highest BCUT2D eigenvalue weighted by atomic mass is 32.2. The summed E-state index contributed by atoms with van der Waals surface area (Å²) in [5, 5.41) is 1.01. The fourth-order valence-electron chi connectivity index (χ4n) is 2.32. The minimum atomic E-state index is -3.56. The predicted molar refractivity (Wildman–Crippen MR) is 83.9 cm³/mol. The molecule has 0 amide bonds. The molecule has 0 unspecified atom stereocenters. The van der Waals surface area contributed by atoms with Crippen molar-refractivity contribution < 1.29 is 12.8 Å². The average Bonchev–Trinajstić information content (AvgIpc) is 2.89. The Bertz CT molecular complexity index is 840. The van der Waals surface area contributed by atoms with Crippen LogP contribution >= 0.6 is 0 Å². The molecule has 3 aromatic rings. The van der Waals surface area contributed by atoms with E-state index in [1.807, 2.05) is 30.3 Å². The van der Waals surface area contributed by atoms with E-state index in [4.69, 9.17) is 4.42 Å². The van der Waals surface area contributed by atoms with E-state index in [1.165, 1.54) is 18.5 Å². The van der Waals surface area contributed by atoms with Crippen molar-refractivity contribution in [2.75, 3.05) is 0 Å². The summed E-state index contributed by atoms with van der Waals surface area (Å²) in [4.78, 5) is 3.99. The van der Waals surface area contributed by atoms with Crippen LogP contribution in [-0.4, -0.2) is 19.4 Å². The third-order valence-corrected chi connectivity index (χ3v) is 4.86. The lowest BCUT2D eigenvalue weighted by Crippen LogP contribution is -2.34. The van der Waals surface area contributed by atoms with Crippen molar-refractivity contribution in [3.63, 3.8) is 0 Å². The van der Waals surface area contributed by atoms with Gasteiger partial charge in [0.1, 0.15) is 16.2 Å². The Morgan fingerprint density at radius 1 is 1.23 bits per heavy atom. The molecule has 2 heterocycles. The van der Waals surface area contributed by atoms with E-state index < -0.39 is 10.0 Å². The Hall–Kier alpha value is -2.18. The molecular weight excluding hydrogens is 300 g/mol. The standard InChI is InChI=1S/C16H16N2O3S/c1-12(18-22(19,20)15-6-4-8-17-11-15)9-14-10-13-5-2-3-7-16(13)21-14/h2-8,10-12,18H,9H2,1H3/t12-/m0/s1. The zero-order valence-electron chi connectivity index (χ0n) is 12.1. The maximum Gasteiger partial charge on any atom is 0.242 e. The van der Waals surface area contributed by atoms with Gasteiger partial charge < -0.3 is 4.42 Å². The van der Waals surface area contributed by atoms with E-state index in [0.717, 1.165) is 16.7 Å². The number of pyridine rings is 1. The van der Waals surface area contributed by atoms with Crippen LogP contribution in [0.5, 0.6) is 0 Å². The van der Waals surface area contributed by atoms with Gasteiger partial charge in [0.05, 0.1) is 0 Å². The molecule has 114 valence electrons. The number of nitrogens with one attached hydrogen (secondary N) is 1. The lowest BCUT2D eigenvalue weighted by molar-refractivity contribution is 0.504. The summed E-state index contributed by atoms with van der Waals surface area (Å²) in [6.07, 6.45) is 3.35. The van der Waals surface area contributed by atoms with E-state index in [1.54, 1.807) is 13.0 Å². The number of para-hydroxylation sites is 1. The highest BCUT2D eigenvalue weighted by Crippen LogP contribution is 2.20. The molecule has 5 nitrogen and oxygen atoms in total. The summed E-state index contributed by atoms with van der Waals surface area (Å²) in [7, 11) is -3.56. The van der Waals surface area contributed by atoms with Crippen molar-refractivity contribution in [2.24, 2.45) is 0 Å². The van der Waals surface area contributed by atoms with Gasteiger partial charge in [-0.1, -0.05) is 18.2 Å². The van der Waals surface area contributed by atoms with Crippen LogP contribution in [-0.2, 0) is 16.4 Å². The summed E-state index contributed by atoms with van der Waals surface area (Å²) < 4.78 is 32.8. The van der Waals surface area contributed by atoms with Gasteiger partial charge in [-0.3, -0.25) is 4.98 Å². The maximum atomic E-state index is 12.2. The molecule has 0 aliphatic carbocycles. The number of rotatable bonds is 5. The molecule has 0 aliphatic heterocycles. The molecule has 0 aliphatic rings. The Kier molecular flexibility index (Phi) is 3.96. The fourth-order valence-corrected chi connectivity index (χ4v) is 3.53. The molecule has 0 saturated carbocycles. The number of furan rings is 1. The summed E-state index contributed by atoms with van der Waals surface area (Å²) in [6.45, 7) is 1.81. The largest absolute Gasteiger partial charge is 0.461 e. The van der Waals surface area contributed by atoms with Crippen LogP contribution in [0.1, 0.15) is 12.7 Å². The van der Waals surface area contributed by atoms with E-state index >= 15 is 0 Å². The normalized spacial score (nSPS) is 13.3. The fraction of sp³-hybridized carbons (Fsp3) is 0.188. The number of fused-ring (bicyclic) bond motifs is 1. The summed E-state index contributed by atoms with van der Waals surface area (Å²) in [6, 6.07) is 12.5. The van der Waals surface area contributed by atoms with Gasteiger partial charge in [0, 0.05) is 30.2 Å². The predicted octanol–water partition coefficient (Wildman–Crippen LogP) is 2.74. The smallest absolute Gasteiger partial charge is 0.242 e. The van der Waals surface area contributed by atoms with Gasteiger partial charge in [-0.05, 0) is 31.2 Å². The van der Waals surface area contributed by atoms with Gasteiger partial charge in [0.25, 0.3) is 0 Å². The Morgan fingerprint density at radius 3 is 2.77 bits per heavy atom. The topological polar surface area (TPSA) is 72.2 Å². The second-order valence-corrected chi connectivity index (χ2v) is 6.88. The van der Waals surface area contributed by atoms with Crippen molar-refractivity contribution >= 4 is 21.0 Å². The minimum absolute atomic E-state index is 0.159. The first-order chi connectivity index (χ1) is 10.5. The second kappa shape index (κ2) is 5.90. The third kappa shape index (κ3) is 3.18. The van der Waals surface area contributed by atoms with E-state index in [0.29, 0.717) is 6.42 Å². The summed E-state index contributed by atoms with van der Waals surface area (Å²) in [5.74, 6) is 0.752. The number of aromatic nitrogens is 1. The monoisotopic (exact) mass is 316 g/mol. The van der Waals surface area contributed by atoms with Crippen LogP contribution in [0, 0.1) is 0 Å². The Labute approximate surface area is 129 Å². The quantitative estimate of drug-likeness (QED) is 0.785. The lowest BCUT2D eigenvalue weighted by atomic mass is 10.2. The Morgan fingerprint density at radius 2 is 2.05 bits per heavy atom.